The molecule has 0 aromatic heterocycles. The Bertz CT molecular complexity index is 1100. The first-order valence-electron chi connectivity index (χ1n) is 8.70. The largest absolute Gasteiger partial charge is 0.484 e. The van der Waals surface area contributed by atoms with E-state index in [1.54, 1.807) is 6.07 Å². The van der Waals surface area contributed by atoms with Crippen molar-refractivity contribution in [2.75, 3.05) is 16.6 Å². The van der Waals surface area contributed by atoms with E-state index in [4.69, 9.17) is 4.74 Å². The Morgan fingerprint density at radius 1 is 0.966 bits per heavy atom. The lowest BCUT2D eigenvalue weighted by Gasteiger charge is -2.11. The van der Waals surface area contributed by atoms with Crippen LogP contribution in [0.5, 0.6) is 5.75 Å². The van der Waals surface area contributed by atoms with Crippen molar-refractivity contribution in [2.24, 2.45) is 0 Å². The van der Waals surface area contributed by atoms with Gasteiger partial charge in [0, 0.05) is 11.4 Å². The summed E-state index contributed by atoms with van der Waals surface area (Å²) in [4.78, 5) is 12.0. The number of benzene rings is 3. The van der Waals surface area contributed by atoms with Crippen LogP contribution in [0.2, 0.25) is 0 Å². The van der Waals surface area contributed by atoms with E-state index < -0.39 is 15.8 Å². The van der Waals surface area contributed by atoms with E-state index in [2.05, 4.69) is 10.0 Å². The average molecular weight is 414 g/mol. The van der Waals surface area contributed by atoms with E-state index in [0.29, 0.717) is 11.4 Å². The zero-order valence-electron chi connectivity index (χ0n) is 15.6. The number of aryl methyl sites for hydroxylation is 1. The van der Waals surface area contributed by atoms with Gasteiger partial charge in [-0.3, -0.25) is 9.52 Å². The van der Waals surface area contributed by atoms with E-state index in [1.165, 1.54) is 36.4 Å². The summed E-state index contributed by atoms with van der Waals surface area (Å²) >= 11 is 0. The number of hydrogen-bond donors (Lipinski definition) is 2. The zero-order valence-corrected chi connectivity index (χ0v) is 16.4. The minimum Gasteiger partial charge on any atom is -0.484 e. The molecule has 0 aliphatic heterocycles. The first-order chi connectivity index (χ1) is 13.8. The highest BCUT2D eigenvalue weighted by Crippen LogP contribution is 2.20. The lowest BCUT2D eigenvalue weighted by Crippen LogP contribution is -2.20. The highest BCUT2D eigenvalue weighted by atomic mass is 32.2. The Balaban J connectivity index is 1.58. The monoisotopic (exact) mass is 414 g/mol. The number of anilines is 2. The van der Waals surface area contributed by atoms with Crippen molar-refractivity contribution in [3.63, 3.8) is 0 Å². The number of halogens is 1. The van der Waals surface area contributed by atoms with Crippen molar-refractivity contribution in [1.29, 1.82) is 0 Å². The maximum absolute atomic E-state index is 12.9. The number of sulfonamides is 1. The van der Waals surface area contributed by atoms with Gasteiger partial charge in [0.2, 0.25) is 0 Å². The molecular formula is C21H19FN2O4S. The Hall–Kier alpha value is -3.39. The summed E-state index contributed by atoms with van der Waals surface area (Å²) < 4.78 is 45.5. The highest BCUT2D eigenvalue weighted by Gasteiger charge is 2.14. The van der Waals surface area contributed by atoms with Crippen LogP contribution in [0, 0.1) is 12.7 Å². The fourth-order valence-corrected chi connectivity index (χ4v) is 3.55. The van der Waals surface area contributed by atoms with Crippen LogP contribution in [0.3, 0.4) is 0 Å². The van der Waals surface area contributed by atoms with E-state index >= 15 is 0 Å². The third-order valence-electron chi connectivity index (χ3n) is 4.02. The molecule has 150 valence electrons. The summed E-state index contributed by atoms with van der Waals surface area (Å²) in [6, 6.07) is 18.0. The maximum Gasteiger partial charge on any atom is 0.262 e. The van der Waals surface area contributed by atoms with E-state index in [0.717, 1.165) is 17.7 Å². The van der Waals surface area contributed by atoms with Crippen molar-refractivity contribution < 1.29 is 22.3 Å². The van der Waals surface area contributed by atoms with Gasteiger partial charge in [-0.15, -0.1) is 0 Å². The molecule has 0 saturated carbocycles. The fraction of sp³-hybridized carbons (Fsp3) is 0.0952. The number of hydrogen-bond acceptors (Lipinski definition) is 4. The number of rotatable bonds is 7. The van der Waals surface area contributed by atoms with Crippen LogP contribution in [0.4, 0.5) is 15.8 Å². The van der Waals surface area contributed by atoms with Crippen molar-refractivity contribution in [1.82, 2.24) is 0 Å². The third kappa shape index (κ3) is 5.55. The second kappa shape index (κ2) is 8.74. The summed E-state index contributed by atoms with van der Waals surface area (Å²) in [7, 11) is -3.83. The second-order valence-corrected chi connectivity index (χ2v) is 7.92. The minimum absolute atomic E-state index is 0.0125. The summed E-state index contributed by atoms with van der Waals surface area (Å²) in [6.07, 6.45) is 0. The van der Waals surface area contributed by atoms with Crippen LogP contribution in [0.1, 0.15) is 5.56 Å². The van der Waals surface area contributed by atoms with E-state index in [9.17, 15) is 17.6 Å². The molecule has 0 fully saturated rings. The predicted octanol–water partition coefficient (Wildman–Crippen LogP) is 3.95. The lowest BCUT2D eigenvalue weighted by molar-refractivity contribution is -0.118. The van der Waals surface area contributed by atoms with Crippen molar-refractivity contribution >= 4 is 27.3 Å². The Kier molecular flexibility index (Phi) is 6.13. The molecule has 0 saturated heterocycles. The number of amides is 1. The molecule has 0 heterocycles. The Labute approximate surface area is 168 Å². The van der Waals surface area contributed by atoms with Gasteiger partial charge >= 0.3 is 0 Å². The van der Waals surface area contributed by atoms with Gasteiger partial charge in [0.1, 0.15) is 11.6 Å². The highest BCUT2D eigenvalue weighted by molar-refractivity contribution is 7.92. The SMILES string of the molecule is Cc1ccccc1NC(=O)COc1ccc(S(=O)(=O)Nc2ccc(F)cc2)cc1. The molecule has 3 aromatic rings. The quantitative estimate of drug-likeness (QED) is 0.613. The van der Waals surface area contributed by atoms with Crippen molar-refractivity contribution in [3.8, 4) is 5.75 Å². The molecule has 0 aliphatic carbocycles. The molecule has 8 heteroatoms. The van der Waals surface area contributed by atoms with Crippen LogP contribution in [-0.4, -0.2) is 20.9 Å². The van der Waals surface area contributed by atoms with Crippen LogP contribution < -0.4 is 14.8 Å². The summed E-state index contributed by atoms with van der Waals surface area (Å²) in [6.45, 7) is 1.67. The Morgan fingerprint density at radius 2 is 1.62 bits per heavy atom. The zero-order chi connectivity index (χ0) is 20.9. The normalized spacial score (nSPS) is 11.0. The molecule has 6 nitrogen and oxygen atoms in total. The summed E-state index contributed by atoms with van der Waals surface area (Å²) in [5, 5.41) is 2.75. The topological polar surface area (TPSA) is 84.5 Å². The van der Waals surface area contributed by atoms with Gasteiger partial charge in [-0.05, 0) is 67.1 Å². The van der Waals surface area contributed by atoms with Gasteiger partial charge in [0.05, 0.1) is 4.90 Å². The fourth-order valence-electron chi connectivity index (χ4n) is 2.50. The summed E-state index contributed by atoms with van der Waals surface area (Å²) in [5.41, 5.74) is 1.89. The molecule has 0 atom stereocenters. The lowest BCUT2D eigenvalue weighted by atomic mass is 10.2. The van der Waals surface area contributed by atoms with Crippen LogP contribution in [0.25, 0.3) is 0 Å². The molecule has 0 aliphatic rings. The molecule has 29 heavy (non-hydrogen) atoms. The van der Waals surface area contributed by atoms with Gasteiger partial charge in [-0.25, -0.2) is 12.8 Å². The smallest absolute Gasteiger partial charge is 0.262 e. The van der Waals surface area contributed by atoms with Crippen molar-refractivity contribution in [3.05, 3.63) is 84.2 Å². The number of ether oxygens (including phenoxy) is 1. The molecule has 0 spiro atoms. The number of carbonyl (C=O) groups is 1. The predicted molar refractivity (Wildman–Crippen MR) is 109 cm³/mol. The number of nitrogens with one attached hydrogen (secondary N) is 2. The molecule has 1 amide bonds. The standard InChI is InChI=1S/C21H19FN2O4S/c1-15-4-2-3-5-20(15)23-21(25)14-28-18-10-12-19(13-11-18)29(26,27)24-17-8-6-16(22)7-9-17/h2-13,24H,14H2,1H3,(H,23,25). The van der Waals surface area contributed by atoms with Crippen LogP contribution >= 0.6 is 0 Å². The molecule has 3 aromatic carbocycles. The van der Waals surface area contributed by atoms with E-state index in [1.807, 2.05) is 25.1 Å². The third-order valence-corrected chi connectivity index (χ3v) is 5.42. The molecule has 0 bridgehead atoms. The van der Waals surface area contributed by atoms with Crippen LogP contribution in [-0.2, 0) is 14.8 Å². The first kappa shape index (κ1) is 20.3. The van der Waals surface area contributed by atoms with Crippen LogP contribution in [0.15, 0.2) is 77.7 Å². The Morgan fingerprint density at radius 3 is 2.28 bits per heavy atom. The summed E-state index contributed by atoms with van der Waals surface area (Å²) in [5.74, 6) is -0.430. The molecule has 2 N–H and O–H groups in total. The molecule has 3 rings (SSSR count). The van der Waals surface area contributed by atoms with Crippen molar-refractivity contribution in [2.45, 2.75) is 11.8 Å². The molecule has 0 unspecified atom stereocenters. The number of para-hydroxylation sites is 1. The average Bonchev–Trinajstić information content (AvgIpc) is 2.70. The molecular weight excluding hydrogens is 395 g/mol. The maximum atomic E-state index is 12.9. The minimum atomic E-state index is -3.83. The second-order valence-electron chi connectivity index (χ2n) is 6.24. The van der Waals surface area contributed by atoms with Gasteiger partial charge < -0.3 is 10.1 Å². The van der Waals surface area contributed by atoms with Gasteiger partial charge in [-0.2, -0.15) is 0 Å². The van der Waals surface area contributed by atoms with Gasteiger partial charge in [-0.1, -0.05) is 18.2 Å². The van der Waals surface area contributed by atoms with E-state index in [-0.39, 0.29) is 23.1 Å². The van der Waals surface area contributed by atoms with Gasteiger partial charge in [0.25, 0.3) is 15.9 Å². The number of carbonyl (C=O) groups excluding carboxylic acids is 1. The first-order valence-corrected chi connectivity index (χ1v) is 10.2. The van der Waals surface area contributed by atoms with Gasteiger partial charge in [0.15, 0.2) is 6.61 Å². The molecule has 0 radical (unpaired) electrons.